The zero-order chi connectivity index (χ0) is 19.0. The van der Waals surface area contributed by atoms with Gasteiger partial charge in [-0.15, -0.1) is 0 Å². The Labute approximate surface area is 172 Å². The molecule has 2 amide bonds. The van der Waals surface area contributed by atoms with Crippen LogP contribution in [0.1, 0.15) is 11.1 Å². The highest BCUT2D eigenvalue weighted by atomic mass is 127. The second-order valence-electron chi connectivity index (χ2n) is 5.91. The highest BCUT2D eigenvalue weighted by molar-refractivity contribution is 14.1. The maximum atomic E-state index is 12.6. The SMILES string of the molecule is O=C1S/C(=C\c2coc3ccccc3c2=O)C(=O)N1Cc1ccc(I)cc1. The number of benzene rings is 2. The van der Waals surface area contributed by atoms with Gasteiger partial charge in [-0.2, -0.15) is 0 Å². The second-order valence-corrected chi connectivity index (χ2v) is 8.15. The van der Waals surface area contributed by atoms with E-state index in [1.54, 1.807) is 24.3 Å². The van der Waals surface area contributed by atoms with E-state index in [4.69, 9.17) is 4.42 Å². The fourth-order valence-electron chi connectivity index (χ4n) is 2.74. The lowest BCUT2D eigenvalue weighted by Gasteiger charge is -2.12. The van der Waals surface area contributed by atoms with Gasteiger partial charge in [0.05, 0.1) is 22.4 Å². The molecule has 0 saturated carbocycles. The summed E-state index contributed by atoms with van der Waals surface area (Å²) >= 11 is 3.02. The number of nitrogens with zero attached hydrogens (tertiary/aromatic N) is 1. The number of carbonyl (C=O) groups is 2. The Morgan fingerprint density at radius 1 is 1.04 bits per heavy atom. The zero-order valence-electron chi connectivity index (χ0n) is 13.8. The third-order valence-electron chi connectivity index (χ3n) is 4.12. The van der Waals surface area contributed by atoms with E-state index in [0.29, 0.717) is 11.0 Å². The van der Waals surface area contributed by atoms with Crippen LogP contribution in [0.15, 0.2) is 68.9 Å². The quantitative estimate of drug-likeness (QED) is 0.397. The minimum absolute atomic E-state index is 0.200. The lowest BCUT2D eigenvalue weighted by Crippen LogP contribution is -2.27. The Balaban J connectivity index is 1.64. The molecule has 0 bridgehead atoms. The summed E-state index contributed by atoms with van der Waals surface area (Å²) in [6.07, 6.45) is 2.74. The summed E-state index contributed by atoms with van der Waals surface area (Å²) in [5.41, 5.74) is 1.35. The van der Waals surface area contributed by atoms with E-state index < -0.39 is 5.91 Å². The fraction of sp³-hybridized carbons (Fsp3) is 0.0500. The molecule has 0 N–H and O–H groups in total. The number of halogens is 1. The highest BCUT2D eigenvalue weighted by Gasteiger charge is 2.35. The number of carbonyl (C=O) groups excluding carboxylic acids is 2. The van der Waals surface area contributed by atoms with Gasteiger partial charge >= 0.3 is 0 Å². The second kappa shape index (κ2) is 7.32. The van der Waals surface area contributed by atoms with Crippen molar-refractivity contribution in [2.45, 2.75) is 6.54 Å². The molecule has 1 fully saturated rings. The summed E-state index contributed by atoms with van der Waals surface area (Å²) in [5, 5.41) is 0.0827. The molecule has 4 rings (SSSR count). The predicted octanol–water partition coefficient (Wildman–Crippen LogP) is 4.63. The molecule has 1 aliphatic rings. The van der Waals surface area contributed by atoms with E-state index in [-0.39, 0.29) is 27.7 Å². The number of hydrogen-bond donors (Lipinski definition) is 0. The van der Waals surface area contributed by atoms with Gasteiger partial charge in [-0.05, 0) is 70.3 Å². The first-order valence-electron chi connectivity index (χ1n) is 8.03. The van der Waals surface area contributed by atoms with Crippen LogP contribution in [0, 0.1) is 3.57 Å². The number of imide groups is 1. The lowest BCUT2D eigenvalue weighted by molar-refractivity contribution is -0.123. The average Bonchev–Trinajstić information content (AvgIpc) is 2.93. The van der Waals surface area contributed by atoms with Crippen molar-refractivity contribution >= 4 is 62.5 Å². The number of rotatable bonds is 3. The molecule has 3 aromatic rings. The first-order chi connectivity index (χ1) is 13.0. The maximum absolute atomic E-state index is 12.6. The molecule has 0 atom stereocenters. The minimum Gasteiger partial charge on any atom is -0.463 e. The first kappa shape index (κ1) is 18.0. The van der Waals surface area contributed by atoms with E-state index in [9.17, 15) is 14.4 Å². The third-order valence-corrected chi connectivity index (χ3v) is 5.75. The summed E-state index contributed by atoms with van der Waals surface area (Å²) in [6.45, 7) is 0.200. The smallest absolute Gasteiger partial charge is 0.293 e. The summed E-state index contributed by atoms with van der Waals surface area (Å²) in [6, 6.07) is 14.5. The average molecular weight is 489 g/mol. The third kappa shape index (κ3) is 3.57. The van der Waals surface area contributed by atoms with Crippen LogP contribution in [0.25, 0.3) is 17.0 Å². The number of para-hydroxylation sites is 1. The molecule has 0 spiro atoms. The molecule has 1 aliphatic heterocycles. The van der Waals surface area contributed by atoms with Gasteiger partial charge in [0.15, 0.2) is 5.43 Å². The van der Waals surface area contributed by atoms with E-state index in [1.165, 1.54) is 17.2 Å². The van der Waals surface area contributed by atoms with E-state index >= 15 is 0 Å². The van der Waals surface area contributed by atoms with Crippen molar-refractivity contribution in [1.29, 1.82) is 0 Å². The van der Waals surface area contributed by atoms with Crippen LogP contribution in [-0.4, -0.2) is 16.0 Å². The summed E-state index contributed by atoms with van der Waals surface area (Å²) < 4.78 is 6.54. The molecule has 2 heterocycles. The van der Waals surface area contributed by atoms with Gasteiger partial charge in [-0.1, -0.05) is 24.3 Å². The van der Waals surface area contributed by atoms with Crippen LogP contribution in [-0.2, 0) is 11.3 Å². The Hall–Kier alpha value is -2.39. The standard InChI is InChI=1S/C20H12INO4S/c21-14-7-5-12(6-8-14)10-22-19(24)17(27-20(22)25)9-13-11-26-16-4-2-1-3-15(16)18(13)23/h1-9,11H,10H2/b17-9-. The summed E-state index contributed by atoms with van der Waals surface area (Å²) in [5.74, 6) is -0.406. The number of fused-ring (bicyclic) bond motifs is 1. The van der Waals surface area contributed by atoms with Gasteiger partial charge in [0.2, 0.25) is 0 Å². The molecular formula is C20H12INO4S. The molecule has 1 saturated heterocycles. The summed E-state index contributed by atoms with van der Waals surface area (Å²) in [4.78, 5) is 38.9. The molecule has 0 aliphatic carbocycles. The molecule has 1 aromatic heterocycles. The molecule has 7 heteroatoms. The van der Waals surface area contributed by atoms with Crippen LogP contribution in [0.4, 0.5) is 4.79 Å². The van der Waals surface area contributed by atoms with Crippen molar-refractivity contribution in [3.05, 3.63) is 84.6 Å². The highest BCUT2D eigenvalue weighted by Crippen LogP contribution is 2.33. The normalized spacial score (nSPS) is 15.9. The topological polar surface area (TPSA) is 67.6 Å². The Morgan fingerprint density at radius 3 is 2.56 bits per heavy atom. The van der Waals surface area contributed by atoms with Crippen molar-refractivity contribution in [3.8, 4) is 0 Å². The van der Waals surface area contributed by atoms with Crippen molar-refractivity contribution in [3.63, 3.8) is 0 Å². The fourth-order valence-corrected chi connectivity index (χ4v) is 3.93. The number of thioether (sulfide) groups is 1. The number of hydrogen-bond acceptors (Lipinski definition) is 5. The molecule has 5 nitrogen and oxygen atoms in total. The minimum atomic E-state index is -0.406. The molecule has 27 heavy (non-hydrogen) atoms. The van der Waals surface area contributed by atoms with E-state index in [0.717, 1.165) is 20.9 Å². The van der Waals surface area contributed by atoms with E-state index in [2.05, 4.69) is 22.6 Å². The molecule has 0 radical (unpaired) electrons. The van der Waals surface area contributed by atoms with Crippen LogP contribution in [0.5, 0.6) is 0 Å². The summed E-state index contributed by atoms with van der Waals surface area (Å²) in [7, 11) is 0. The van der Waals surface area contributed by atoms with Crippen molar-refractivity contribution in [2.24, 2.45) is 0 Å². The van der Waals surface area contributed by atoms with Crippen molar-refractivity contribution in [1.82, 2.24) is 4.90 Å². The number of amides is 2. The predicted molar refractivity (Wildman–Crippen MR) is 113 cm³/mol. The van der Waals surface area contributed by atoms with Gasteiger partial charge in [0, 0.05) is 3.57 Å². The molecule has 134 valence electrons. The van der Waals surface area contributed by atoms with Gasteiger partial charge in [-0.3, -0.25) is 19.3 Å². The van der Waals surface area contributed by atoms with Crippen LogP contribution < -0.4 is 5.43 Å². The Morgan fingerprint density at radius 2 is 1.78 bits per heavy atom. The van der Waals surface area contributed by atoms with Gasteiger partial charge < -0.3 is 4.42 Å². The lowest BCUT2D eigenvalue weighted by atomic mass is 10.1. The van der Waals surface area contributed by atoms with Gasteiger partial charge in [0.25, 0.3) is 11.1 Å². The monoisotopic (exact) mass is 489 g/mol. The Bertz CT molecular complexity index is 1150. The molecule has 0 unspecified atom stereocenters. The maximum Gasteiger partial charge on any atom is 0.293 e. The van der Waals surface area contributed by atoms with Crippen molar-refractivity contribution in [2.75, 3.05) is 0 Å². The van der Waals surface area contributed by atoms with Gasteiger partial charge in [-0.25, -0.2) is 0 Å². The zero-order valence-corrected chi connectivity index (χ0v) is 16.8. The van der Waals surface area contributed by atoms with Crippen molar-refractivity contribution < 1.29 is 14.0 Å². The van der Waals surface area contributed by atoms with E-state index in [1.807, 2.05) is 24.3 Å². The largest absolute Gasteiger partial charge is 0.463 e. The van der Waals surface area contributed by atoms with Crippen LogP contribution in [0.3, 0.4) is 0 Å². The van der Waals surface area contributed by atoms with Crippen LogP contribution >= 0.6 is 34.4 Å². The van der Waals surface area contributed by atoms with Gasteiger partial charge in [0.1, 0.15) is 11.8 Å². The Kier molecular flexibility index (Phi) is 4.88. The first-order valence-corrected chi connectivity index (χ1v) is 9.93. The molecular weight excluding hydrogens is 477 g/mol. The molecule has 2 aromatic carbocycles. The van der Waals surface area contributed by atoms with Crippen LogP contribution in [0.2, 0.25) is 0 Å².